The molecule has 1 atom stereocenters. The first-order valence-electron chi connectivity index (χ1n) is 9.30. The zero-order valence-electron chi connectivity index (χ0n) is 15.7. The zero-order chi connectivity index (χ0) is 18.8. The molecule has 8 heteroatoms. The maximum atomic E-state index is 13.0. The van der Waals surface area contributed by atoms with Crippen LogP contribution in [0.4, 0.5) is 0 Å². The molecule has 1 N–H and O–H groups in total. The van der Waals surface area contributed by atoms with E-state index in [1.54, 1.807) is 11.8 Å². The molecule has 1 aliphatic rings. The lowest BCUT2D eigenvalue weighted by atomic mass is 10.0. The Morgan fingerprint density at radius 1 is 1.30 bits per heavy atom. The van der Waals surface area contributed by atoms with Gasteiger partial charge in [-0.1, -0.05) is 18.2 Å². The van der Waals surface area contributed by atoms with Crippen LogP contribution in [0.2, 0.25) is 0 Å². The molecule has 0 radical (unpaired) electrons. The van der Waals surface area contributed by atoms with E-state index in [0.717, 1.165) is 42.4 Å². The molecule has 1 saturated heterocycles. The molecule has 2 aromatic heterocycles. The molecular weight excluding hydrogens is 344 g/mol. The van der Waals surface area contributed by atoms with Crippen molar-refractivity contribution in [3.05, 3.63) is 51.6 Å². The first kappa shape index (κ1) is 17.8. The number of hydrogen-bond acceptors (Lipinski definition) is 6. The Balaban J connectivity index is 1.85. The second-order valence-electron chi connectivity index (χ2n) is 6.99. The number of ether oxygens (including phenoxy) is 1. The summed E-state index contributed by atoms with van der Waals surface area (Å²) in [5.41, 5.74) is 2.53. The van der Waals surface area contributed by atoms with Crippen LogP contribution in [0.25, 0.3) is 10.9 Å². The van der Waals surface area contributed by atoms with Crippen molar-refractivity contribution in [2.45, 2.75) is 32.4 Å². The van der Waals surface area contributed by atoms with Crippen LogP contribution in [0.3, 0.4) is 0 Å². The van der Waals surface area contributed by atoms with Crippen LogP contribution in [0.5, 0.6) is 0 Å². The molecule has 1 aromatic carbocycles. The monoisotopic (exact) mass is 368 g/mol. The number of methoxy groups -OCH3 is 1. The van der Waals surface area contributed by atoms with Crippen LogP contribution in [-0.2, 0) is 11.3 Å². The average molecular weight is 368 g/mol. The smallest absolute Gasteiger partial charge is 0.253 e. The normalized spacial score (nSPS) is 16.2. The largest absolute Gasteiger partial charge is 0.383 e. The van der Waals surface area contributed by atoms with Crippen molar-refractivity contribution in [3.8, 4) is 0 Å². The molecule has 0 bridgehead atoms. The third kappa shape index (κ3) is 3.38. The number of aryl methyl sites for hydroxylation is 1. The third-order valence-corrected chi connectivity index (χ3v) is 5.23. The number of tetrazole rings is 1. The topological polar surface area (TPSA) is 88.9 Å². The summed E-state index contributed by atoms with van der Waals surface area (Å²) in [5, 5.41) is 13.3. The van der Waals surface area contributed by atoms with E-state index in [4.69, 9.17) is 4.74 Å². The summed E-state index contributed by atoms with van der Waals surface area (Å²) in [6.45, 7) is 4.91. The maximum absolute atomic E-state index is 13.0. The van der Waals surface area contributed by atoms with E-state index < -0.39 is 0 Å². The fourth-order valence-corrected chi connectivity index (χ4v) is 3.85. The quantitative estimate of drug-likeness (QED) is 0.712. The van der Waals surface area contributed by atoms with Gasteiger partial charge in [-0.15, -0.1) is 5.10 Å². The Kier molecular flexibility index (Phi) is 5.00. The van der Waals surface area contributed by atoms with Crippen molar-refractivity contribution in [3.63, 3.8) is 0 Å². The highest BCUT2D eigenvalue weighted by Gasteiger charge is 2.31. The van der Waals surface area contributed by atoms with Crippen molar-refractivity contribution < 1.29 is 4.74 Å². The number of hydrogen-bond donors (Lipinski definition) is 1. The Morgan fingerprint density at radius 2 is 2.11 bits per heavy atom. The van der Waals surface area contributed by atoms with Gasteiger partial charge in [0.15, 0.2) is 5.82 Å². The van der Waals surface area contributed by atoms with Crippen LogP contribution < -0.4 is 5.56 Å². The van der Waals surface area contributed by atoms with Crippen LogP contribution in [0.1, 0.15) is 35.8 Å². The molecule has 142 valence electrons. The van der Waals surface area contributed by atoms with E-state index in [-0.39, 0.29) is 11.6 Å². The average Bonchev–Trinajstić information content (AvgIpc) is 3.34. The SMILES string of the molecule is COCCn1nnnc1[C@@H](c1cc2cccc(C)c2[nH]c1=O)N1CCCC1. The number of likely N-dealkylation sites (tertiary alicyclic amines) is 1. The third-order valence-electron chi connectivity index (χ3n) is 5.23. The summed E-state index contributed by atoms with van der Waals surface area (Å²) in [5.74, 6) is 0.687. The van der Waals surface area contributed by atoms with Gasteiger partial charge >= 0.3 is 0 Å². The lowest BCUT2D eigenvalue weighted by Gasteiger charge is -2.26. The number of nitrogens with zero attached hydrogens (tertiary/aromatic N) is 5. The van der Waals surface area contributed by atoms with Gasteiger partial charge in [0.25, 0.3) is 5.56 Å². The van der Waals surface area contributed by atoms with Gasteiger partial charge in [0.05, 0.1) is 18.7 Å². The summed E-state index contributed by atoms with van der Waals surface area (Å²) < 4.78 is 6.92. The van der Waals surface area contributed by atoms with Gasteiger partial charge in [0.1, 0.15) is 6.04 Å². The number of benzene rings is 1. The number of fused-ring (bicyclic) bond motifs is 1. The molecule has 1 aliphatic heterocycles. The minimum atomic E-state index is -0.270. The first-order chi connectivity index (χ1) is 13.2. The lowest BCUT2D eigenvalue weighted by molar-refractivity contribution is 0.178. The van der Waals surface area contributed by atoms with E-state index in [0.29, 0.717) is 24.5 Å². The number of H-pyrrole nitrogens is 1. The van der Waals surface area contributed by atoms with Gasteiger partial charge in [0, 0.05) is 12.7 Å². The van der Waals surface area contributed by atoms with Gasteiger partial charge in [-0.05, 0) is 60.3 Å². The van der Waals surface area contributed by atoms with Crippen molar-refractivity contribution in [1.29, 1.82) is 0 Å². The van der Waals surface area contributed by atoms with Crippen LogP contribution >= 0.6 is 0 Å². The minimum absolute atomic E-state index is 0.0880. The van der Waals surface area contributed by atoms with Crippen molar-refractivity contribution in [2.24, 2.45) is 0 Å². The summed E-state index contributed by atoms with van der Waals surface area (Å²) >= 11 is 0. The highest BCUT2D eigenvalue weighted by atomic mass is 16.5. The predicted octanol–water partition coefficient (Wildman–Crippen LogP) is 1.65. The number of pyridine rings is 1. The number of rotatable bonds is 6. The molecule has 0 saturated carbocycles. The number of nitrogens with one attached hydrogen (secondary N) is 1. The lowest BCUT2D eigenvalue weighted by Crippen LogP contribution is -2.33. The molecule has 0 spiro atoms. The minimum Gasteiger partial charge on any atom is -0.383 e. The second-order valence-corrected chi connectivity index (χ2v) is 6.99. The van der Waals surface area contributed by atoms with E-state index in [2.05, 4.69) is 25.4 Å². The predicted molar refractivity (Wildman–Crippen MR) is 102 cm³/mol. The maximum Gasteiger partial charge on any atom is 0.253 e. The number of para-hydroxylation sites is 1. The number of aromatic nitrogens is 5. The summed E-state index contributed by atoms with van der Waals surface area (Å²) in [6.07, 6.45) is 2.22. The Labute approximate surface area is 157 Å². The van der Waals surface area contributed by atoms with E-state index in [1.807, 2.05) is 31.2 Å². The van der Waals surface area contributed by atoms with Crippen LogP contribution in [0.15, 0.2) is 29.1 Å². The summed E-state index contributed by atoms with van der Waals surface area (Å²) in [7, 11) is 1.65. The van der Waals surface area contributed by atoms with Crippen LogP contribution in [-0.4, -0.2) is 56.9 Å². The van der Waals surface area contributed by atoms with Crippen molar-refractivity contribution in [2.75, 3.05) is 26.8 Å². The molecular formula is C19H24N6O2. The van der Waals surface area contributed by atoms with E-state index in [1.165, 1.54) is 0 Å². The van der Waals surface area contributed by atoms with Gasteiger partial charge < -0.3 is 9.72 Å². The van der Waals surface area contributed by atoms with Crippen molar-refractivity contribution >= 4 is 10.9 Å². The summed E-state index contributed by atoms with van der Waals surface area (Å²) in [6, 6.07) is 7.75. The first-order valence-corrected chi connectivity index (χ1v) is 9.30. The molecule has 3 aromatic rings. The molecule has 3 heterocycles. The second kappa shape index (κ2) is 7.58. The Bertz CT molecular complexity index is 989. The molecule has 0 aliphatic carbocycles. The fraction of sp³-hybridized carbons (Fsp3) is 0.474. The molecule has 4 rings (SSSR count). The molecule has 1 fully saturated rings. The van der Waals surface area contributed by atoms with Gasteiger partial charge in [-0.2, -0.15) is 0 Å². The molecule has 27 heavy (non-hydrogen) atoms. The van der Waals surface area contributed by atoms with Gasteiger partial charge in [0.2, 0.25) is 0 Å². The molecule has 0 amide bonds. The fourth-order valence-electron chi connectivity index (χ4n) is 3.85. The highest BCUT2D eigenvalue weighted by Crippen LogP contribution is 2.29. The standard InChI is InChI=1S/C19H24N6O2/c1-13-6-5-7-14-12-15(19(26)20-16(13)14)17(24-8-3-4-9-24)18-21-22-23-25(18)10-11-27-2/h5-7,12,17H,3-4,8-11H2,1-2H3,(H,20,26)/t17-/m1/s1. The van der Waals surface area contributed by atoms with Gasteiger partial charge in [-0.25, -0.2) is 4.68 Å². The Hall–Kier alpha value is -2.58. The van der Waals surface area contributed by atoms with E-state index >= 15 is 0 Å². The molecule has 8 nitrogen and oxygen atoms in total. The highest BCUT2D eigenvalue weighted by molar-refractivity contribution is 5.82. The van der Waals surface area contributed by atoms with E-state index in [9.17, 15) is 4.79 Å². The van der Waals surface area contributed by atoms with Gasteiger partial charge in [-0.3, -0.25) is 9.69 Å². The molecule has 0 unspecified atom stereocenters. The zero-order valence-corrected chi connectivity index (χ0v) is 15.7. The van der Waals surface area contributed by atoms with Crippen molar-refractivity contribution in [1.82, 2.24) is 30.1 Å². The van der Waals surface area contributed by atoms with Crippen LogP contribution in [0, 0.1) is 6.92 Å². The number of aromatic amines is 1. The Morgan fingerprint density at radius 3 is 2.89 bits per heavy atom. The summed E-state index contributed by atoms with van der Waals surface area (Å²) in [4.78, 5) is 18.4.